The lowest BCUT2D eigenvalue weighted by Crippen LogP contribution is -2.11. The summed E-state index contributed by atoms with van der Waals surface area (Å²) in [4.78, 5) is 9.92. The van der Waals surface area contributed by atoms with E-state index in [-0.39, 0.29) is 11.1 Å². The van der Waals surface area contributed by atoms with Gasteiger partial charge in [0.05, 0.1) is 0 Å². The van der Waals surface area contributed by atoms with Gasteiger partial charge in [0, 0.05) is 67.4 Å². The molecule has 5 heterocycles. The van der Waals surface area contributed by atoms with Gasteiger partial charge < -0.3 is 4.57 Å². The number of nitriles is 4. The standard InChI is InChI=1S/C78H101N5S4/c1-7-13-19-25-27-29-35-58(36-30-28-26-20-14-8-2)57-83-71-49-65(75-63(39-33-23-17-11-5)51-73(86-75)77-61(37-31-21-15-9-3)47-67(84-77)45-59(53-79)54-80)41-43-69(71)70-44-42-66(50-72(70)83)76-64(40-34-24-18-12-6)52-74(87-76)78-62(38-32-22-16-10-4)48-68(85-78)46-60(55-81)56-82/h41-52,58H,7-40,57H2,1-6H3. The van der Waals surface area contributed by atoms with Crippen molar-refractivity contribution in [3.05, 3.63) is 104 Å². The third-order valence-electron chi connectivity index (χ3n) is 17.7. The van der Waals surface area contributed by atoms with E-state index in [1.54, 1.807) is 34.8 Å². The van der Waals surface area contributed by atoms with Crippen LogP contribution < -0.4 is 0 Å². The highest BCUT2D eigenvalue weighted by Gasteiger charge is 2.24. The summed E-state index contributed by atoms with van der Waals surface area (Å²) < 4.78 is 2.78. The van der Waals surface area contributed by atoms with E-state index in [4.69, 9.17) is 0 Å². The molecule has 5 aromatic heterocycles. The van der Waals surface area contributed by atoms with Gasteiger partial charge in [-0.2, -0.15) is 21.0 Å². The van der Waals surface area contributed by atoms with Crippen molar-refractivity contribution in [1.82, 2.24) is 4.57 Å². The largest absolute Gasteiger partial charge is 0.340 e. The van der Waals surface area contributed by atoms with Gasteiger partial charge in [0.2, 0.25) is 0 Å². The van der Waals surface area contributed by atoms with Crippen LogP contribution in [0.5, 0.6) is 0 Å². The van der Waals surface area contributed by atoms with Gasteiger partial charge in [-0.05, 0) is 152 Å². The van der Waals surface area contributed by atoms with Crippen LogP contribution in [0, 0.1) is 51.2 Å². The van der Waals surface area contributed by atoms with Crippen molar-refractivity contribution in [2.24, 2.45) is 5.92 Å². The molecule has 7 aromatic rings. The van der Waals surface area contributed by atoms with Crippen LogP contribution in [0.3, 0.4) is 0 Å². The van der Waals surface area contributed by atoms with Crippen LogP contribution in [0.4, 0.5) is 0 Å². The molecule has 0 aliphatic rings. The predicted octanol–water partition coefficient (Wildman–Crippen LogP) is 26.2. The molecule has 0 aliphatic heterocycles. The Hall–Kier alpha value is -5.52. The first kappa shape index (κ1) is 69.0. The molecule has 0 spiro atoms. The molecule has 0 saturated carbocycles. The Morgan fingerprint density at radius 3 is 1.05 bits per heavy atom. The van der Waals surface area contributed by atoms with Gasteiger partial charge >= 0.3 is 0 Å². The van der Waals surface area contributed by atoms with E-state index in [1.807, 2.05) is 22.7 Å². The molecule has 5 nitrogen and oxygen atoms in total. The summed E-state index contributed by atoms with van der Waals surface area (Å²) in [7, 11) is 0. The summed E-state index contributed by atoms with van der Waals surface area (Å²) in [6.07, 6.45) is 45.2. The van der Waals surface area contributed by atoms with Crippen LogP contribution in [0.15, 0.2) is 71.8 Å². The van der Waals surface area contributed by atoms with Gasteiger partial charge in [-0.1, -0.05) is 220 Å². The van der Waals surface area contributed by atoms with E-state index in [0.29, 0.717) is 5.92 Å². The van der Waals surface area contributed by atoms with Crippen molar-refractivity contribution in [3.63, 3.8) is 0 Å². The van der Waals surface area contributed by atoms with Crippen molar-refractivity contribution >= 4 is 79.3 Å². The maximum Gasteiger partial charge on any atom is 0.131 e. The Kier molecular flexibility index (Phi) is 30.2. The highest BCUT2D eigenvalue weighted by molar-refractivity contribution is 7.25. The molecule has 462 valence electrons. The topological polar surface area (TPSA) is 100 Å². The summed E-state index contributed by atoms with van der Waals surface area (Å²) >= 11 is 7.39. The van der Waals surface area contributed by atoms with Crippen LogP contribution in [0.2, 0.25) is 0 Å². The lowest BCUT2D eigenvalue weighted by Gasteiger charge is -2.20. The number of hydrogen-bond acceptors (Lipinski definition) is 8. The van der Waals surface area contributed by atoms with Gasteiger partial charge in [-0.25, -0.2) is 0 Å². The average Bonchev–Trinajstić information content (AvgIpc) is 1.68. The molecule has 0 fully saturated rings. The number of aromatic nitrogens is 1. The third kappa shape index (κ3) is 20.2. The first-order chi connectivity index (χ1) is 42.7. The quantitative estimate of drug-likeness (QED) is 0.0281. The zero-order valence-electron chi connectivity index (χ0n) is 54.1. The zero-order chi connectivity index (χ0) is 61.6. The average molecular weight is 1240 g/mol. The first-order valence-electron chi connectivity index (χ1n) is 34.4. The van der Waals surface area contributed by atoms with Crippen LogP contribution in [0.1, 0.15) is 266 Å². The molecule has 0 amide bonds. The SMILES string of the molecule is CCCCCCCCC(CCCCCCCC)Cn1c2cc(-c3sc(-c4sc(C=C(C#N)C#N)cc4CCCCCC)cc3CCCCCC)ccc2c2ccc(-c3sc(-c4sc(C=C(C#N)C#N)cc4CCCCCC)cc3CCCCCC)cc21. The summed E-state index contributed by atoms with van der Waals surface area (Å²) in [5.74, 6) is 0.583. The van der Waals surface area contributed by atoms with Gasteiger partial charge in [-0.3, -0.25) is 0 Å². The van der Waals surface area contributed by atoms with E-state index in [0.717, 1.165) is 67.7 Å². The summed E-state index contributed by atoms with van der Waals surface area (Å²) in [6.45, 7) is 14.8. The second-order valence-corrected chi connectivity index (χ2v) is 29.1. The third-order valence-corrected chi connectivity index (χ3v) is 22.8. The van der Waals surface area contributed by atoms with E-state index >= 15 is 0 Å². The number of aryl methyl sites for hydroxylation is 4. The second-order valence-electron chi connectivity index (χ2n) is 24.8. The fourth-order valence-electron chi connectivity index (χ4n) is 12.8. The van der Waals surface area contributed by atoms with Crippen molar-refractivity contribution < 1.29 is 0 Å². The number of hydrogen-bond donors (Lipinski definition) is 0. The molecule has 0 N–H and O–H groups in total. The maximum absolute atomic E-state index is 9.79. The minimum atomic E-state index is 0.154. The van der Waals surface area contributed by atoms with Gasteiger partial charge in [0.25, 0.3) is 0 Å². The smallest absolute Gasteiger partial charge is 0.131 e. The fourth-order valence-corrected chi connectivity index (χ4v) is 17.8. The summed E-state index contributed by atoms with van der Waals surface area (Å²) in [5, 5.41) is 41.8. The maximum atomic E-state index is 9.79. The van der Waals surface area contributed by atoms with Gasteiger partial charge in [-0.15, -0.1) is 45.3 Å². The molecular weight excluding hydrogens is 1140 g/mol. The normalized spacial score (nSPS) is 11.4. The molecule has 2 aromatic carbocycles. The fraction of sp³-hybridized carbons (Fsp3) is 0.538. The zero-order valence-corrected chi connectivity index (χ0v) is 57.4. The Morgan fingerprint density at radius 1 is 0.379 bits per heavy atom. The highest BCUT2D eigenvalue weighted by Crippen LogP contribution is 2.48. The summed E-state index contributed by atoms with van der Waals surface area (Å²) in [5.41, 5.74) is 11.1. The van der Waals surface area contributed by atoms with Crippen molar-refractivity contribution in [1.29, 1.82) is 21.0 Å². The predicted molar refractivity (Wildman–Crippen MR) is 382 cm³/mol. The van der Waals surface area contributed by atoms with E-state index in [1.165, 1.54) is 251 Å². The number of fused-ring (bicyclic) bond motifs is 3. The molecule has 9 heteroatoms. The molecule has 0 bridgehead atoms. The molecule has 87 heavy (non-hydrogen) atoms. The summed E-state index contributed by atoms with van der Waals surface area (Å²) in [6, 6.07) is 32.9. The van der Waals surface area contributed by atoms with Crippen LogP contribution in [-0.2, 0) is 32.2 Å². The Morgan fingerprint density at radius 2 is 0.701 bits per heavy atom. The van der Waals surface area contributed by atoms with E-state index in [9.17, 15) is 21.0 Å². The van der Waals surface area contributed by atoms with Crippen LogP contribution >= 0.6 is 45.3 Å². The number of benzene rings is 2. The van der Waals surface area contributed by atoms with Crippen molar-refractivity contribution in [2.75, 3.05) is 0 Å². The number of unbranched alkanes of at least 4 members (excludes halogenated alkanes) is 22. The van der Waals surface area contributed by atoms with Crippen LogP contribution in [-0.4, -0.2) is 4.57 Å². The lowest BCUT2D eigenvalue weighted by atomic mass is 9.93. The van der Waals surface area contributed by atoms with E-state index < -0.39 is 0 Å². The molecular formula is C78H101N5S4. The minimum absolute atomic E-state index is 0.154. The van der Waals surface area contributed by atoms with E-state index in [2.05, 4.69) is 131 Å². The lowest BCUT2D eigenvalue weighted by molar-refractivity contribution is 0.364. The second kappa shape index (κ2) is 38.1. The molecule has 7 rings (SSSR count). The van der Waals surface area contributed by atoms with Gasteiger partial charge in [0.15, 0.2) is 0 Å². The Labute approximate surface area is 541 Å². The number of thiophene rings is 4. The monoisotopic (exact) mass is 1240 g/mol. The van der Waals surface area contributed by atoms with Crippen molar-refractivity contribution in [3.8, 4) is 64.7 Å². The molecule has 0 saturated heterocycles. The number of allylic oxidation sites excluding steroid dienone is 2. The van der Waals surface area contributed by atoms with Crippen LogP contribution in [0.25, 0.3) is 74.3 Å². The number of rotatable bonds is 42. The molecule has 0 unspecified atom stereocenters. The Bertz CT molecular complexity index is 3210. The first-order valence-corrected chi connectivity index (χ1v) is 37.6. The molecule has 0 aliphatic carbocycles. The highest BCUT2D eigenvalue weighted by atomic mass is 32.1. The minimum Gasteiger partial charge on any atom is -0.340 e. The van der Waals surface area contributed by atoms with Crippen molar-refractivity contribution in [2.45, 2.75) is 266 Å². The number of nitrogens with zero attached hydrogens (tertiary/aromatic N) is 5. The molecule has 0 atom stereocenters. The molecule has 0 radical (unpaired) electrons. The van der Waals surface area contributed by atoms with Gasteiger partial charge in [0.1, 0.15) is 35.4 Å². The Balaban J connectivity index is 1.41.